The quantitative estimate of drug-likeness (QED) is 0.447. The summed E-state index contributed by atoms with van der Waals surface area (Å²) in [5.74, 6) is 2.24. The van der Waals surface area contributed by atoms with Crippen molar-refractivity contribution < 1.29 is 14.3 Å². The molecule has 19 heavy (non-hydrogen) atoms. The Balaban J connectivity index is 0.000000250. The number of hydrogen-bond acceptors (Lipinski definition) is 3. The Morgan fingerprint density at radius 3 is 1.84 bits per heavy atom. The molecule has 0 heterocycles. The molecule has 2 fully saturated rings. The minimum absolute atomic E-state index is 0.230. The predicted molar refractivity (Wildman–Crippen MR) is 75.6 cm³/mol. The maximum atomic E-state index is 11.2. The lowest BCUT2D eigenvalue weighted by molar-refractivity contribution is -0.148. The molecule has 2 aliphatic carbocycles. The van der Waals surface area contributed by atoms with Crippen LogP contribution in [0.5, 0.6) is 0 Å². The number of esters is 1. The first-order valence-corrected chi connectivity index (χ1v) is 7.09. The van der Waals surface area contributed by atoms with Crippen molar-refractivity contribution in [3.05, 3.63) is 12.2 Å². The SMILES string of the molecule is C[C@H]1C[C@@H]1/C=C/C(=O)OC(C)(C)C.C[C@H]1C[C@@H]1C=O. The molecule has 108 valence electrons. The van der Waals surface area contributed by atoms with E-state index in [9.17, 15) is 9.59 Å². The normalized spacial score (nSPS) is 32.3. The van der Waals surface area contributed by atoms with E-state index in [1.54, 1.807) is 6.08 Å². The Morgan fingerprint density at radius 1 is 1.11 bits per heavy atom. The van der Waals surface area contributed by atoms with Crippen molar-refractivity contribution in [1.29, 1.82) is 0 Å². The van der Waals surface area contributed by atoms with Crippen LogP contribution in [0.25, 0.3) is 0 Å². The molecule has 0 saturated heterocycles. The summed E-state index contributed by atoms with van der Waals surface area (Å²) in [6.07, 6.45) is 6.89. The molecular formula is C16H26O3. The average molecular weight is 266 g/mol. The van der Waals surface area contributed by atoms with Crippen LogP contribution in [0.4, 0.5) is 0 Å². The monoisotopic (exact) mass is 266 g/mol. The molecule has 2 saturated carbocycles. The van der Waals surface area contributed by atoms with Crippen LogP contribution < -0.4 is 0 Å². The van der Waals surface area contributed by atoms with E-state index >= 15 is 0 Å². The molecule has 0 bridgehead atoms. The molecule has 0 aromatic rings. The van der Waals surface area contributed by atoms with Crippen LogP contribution in [0.3, 0.4) is 0 Å². The van der Waals surface area contributed by atoms with Gasteiger partial charge in [0.25, 0.3) is 0 Å². The lowest BCUT2D eigenvalue weighted by Crippen LogP contribution is -2.22. The maximum Gasteiger partial charge on any atom is 0.330 e. The minimum atomic E-state index is -0.378. The van der Waals surface area contributed by atoms with Gasteiger partial charge in [-0.1, -0.05) is 19.9 Å². The van der Waals surface area contributed by atoms with Gasteiger partial charge in [0, 0.05) is 12.0 Å². The summed E-state index contributed by atoms with van der Waals surface area (Å²) in [5, 5.41) is 0. The van der Waals surface area contributed by atoms with Gasteiger partial charge in [-0.3, -0.25) is 0 Å². The van der Waals surface area contributed by atoms with E-state index in [-0.39, 0.29) is 11.6 Å². The summed E-state index contributed by atoms with van der Waals surface area (Å²) in [6.45, 7) is 9.90. The molecular weight excluding hydrogens is 240 g/mol. The molecule has 0 N–H and O–H groups in total. The van der Waals surface area contributed by atoms with Crippen LogP contribution in [0.2, 0.25) is 0 Å². The molecule has 4 atom stereocenters. The molecule has 0 unspecified atom stereocenters. The molecule has 3 heteroatoms. The molecule has 3 nitrogen and oxygen atoms in total. The number of carbonyl (C=O) groups is 2. The fourth-order valence-corrected chi connectivity index (χ4v) is 1.70. The van der Waals surface area contributed by atoms with Crippen LogP contribution in [-0.4, -0.2) is 17.9 Å². The van der Waals surface area contributed by atoms with E-state index in [2.05, 4.69) is 13.8 Å². The van der Waals surface area contributed by atoms with Crippen molar-refractivity contribution in [3.63, 3.8) is 0 Å². The highest BCUT2D eigenvalue weighted by Crippen LogP contribution is 2.38. The lowest BCUT2D eigenvalue weighted by atomic mass is 10.2. The highest BCUT2D eigenvalue weighted by Gasteiger charge is 2.31. The fourth-order valence-electron chi connectivity index (χ4n) is 1.70. The van der Waals surface area contributed by atoms with Gasteiger partial charge in [0.1, 0.15) is 11.9 Å². The topological polar surface area (TPSA) is 43.4 Å². The number of carbonyl (C=O) groups excluding carboxylic acids is 2. The largest absolute Gasteiger partial charge is 0.457 e. The molecule has 0 aromatic carbocycles. The molecule has 2 aliphatic rings. The Kier molecular flexibility index (Phi) is 5.33. The first-order valence-electron chi connectivity index (χ1n) is 7.09. The molecule has 0 radical (unpaired) electrons. The van der Waals surface area contributed by atoms with Crippen molar-refractivity contribution in [1.82, 2.24) is 0 Å². The van der Waals surface area contributed by atoms with Gasteiger partial charge < -0.3 is 9.53 Å². The Bertz CT molecular complexity index is 351. The van der Waals surface area contributed by atoms with Crippen molar-refractivity contribution in [3.8, 4) is 0 Å². The zero-order valence-corrected chi connectivity index (χ0v) is 12.7. The predicted octanol–water partition coefficient (Wildman–Crippen LogP) is 3.38. The molecule has 0 amide bonds. The van der Waals surface area contributed by atoms with E-state index in [0.29, 0.717) is 17.8 Å². The van der Waals surface area contributed by atoms with Crippen molar-refractivity contribution >= 4 is 12.3 Å². The Morgan fingerprint density at radius 2 is 1.58 bits per heavy atom. The van der Waals surface area contributed by atoms with Crippen molar-refractivity contribution in [2.24, 2.45) is 23.7 Å². The van der Waals surface area contributed by atoms with Gasteiger partial charge in [0.05, 0.1) is 0 Å². The second-order valence-corrected chi connectivity index (χ2v) is 6.78. The van der Waals surface area contributed by atoms with Crippen molar-refractivity contribution in [2.75, 3.05) is 0 Å². The van der Waals surface area contributed by atoms with Gasteiger partial charge in [-0.25, -0.2) is 4.79 Å². The fraction of sp³-hybridized carbons (Fsp3) is 0.750. The smallest absolute Gasteiger partial charge is 0.330 e. The van der Waals surface area contributed by atoms with Crippen LogP contribution in [0, 0.1) is 23.7 Å². The maximum absolute atomic E-state index is 11.2. The highest BCUT2D eigenvalue weighted by atomic mass is 16.6. The third-order valence-corrected chi connectivity index (χ3v) is 3.40. The number of aldehydes is 1. The van der Waals surface area contributed by atoms with Crippen LogP contribution in [0.15, 0.2) is 12.2 Å². The summed E-state index contributed by atoms with van der Waals surface area (Å²) in [5.41, 5.74) is -0.378. The van der Waals surface area contributed by atoms with E-state index < -0.39 is 0 Å². The van der Waals surface area contributed by atoms with Gasteiger partial charge in [-0.2, -0.15) is 0 Å². The lowest BCUT2D eigenvalue weighted by Gasteiger charge is -2.17. The highest BCUT2D eigenvalue weighted by molar-refractivity contribution is 5.82. The van der Waals surface area contributed by atoms with Gasteiger partial charge in [-0.15, -0.1) is 0 Å². The standard InChI is InChI=1S/C11H18O2.C5H8O/c1-8-7-9(8)5-6-10(12)13-11(2,3)4;1-4-2-5(4)3-6/h5-6,8-9H,7H2,1-4H3;3-5H,2H2,1H3/b6-5+;/t8-,9-;4-,5+/m00/s1. The van der Waals surface area contributed by atoms with E-state index in [4.69, 9.17) is 4.74 Å². The van der Waals surface area contributed by atoms with Crippen molar-refractivity contribution in [2.45, 2.75) is 53.1 Å². The summed E-state index contributed by atoms with van der Waals surface area (Å²) in [4.78, 5) is 21.0. The average Bonchev–Trinajstić information content (AvgIpc) is 3.14. The number of rotatable bonds is 3. The van der Waals surface area contributed by atoms with Gasteiger partial charge in [0.15, 0.2) is 0 Å². The molecule has 0 aliphatic heterocycles. The summed E-state index contributed by atoms with van der Waals surface area (Å²) < 4.78 is 5.13. The zero-order valence-electron chi connectivity index (χ0n) is 12.7. The van der Waals surface area contributed by atoms with Crippen LogP contribution in [-0.2, 0) is 14.3 Å². The van der Waals surface area contributed by atoms with E-state index in [0.717, 1.165) is 18.6 Å². The first kappa shape index (κ1) is 15.9. The summed E-state index contributed by atoms with van der Waals surface area (Å²) in [7, 11) is 0. The number of allylic oxidation sites excluding steroid dienone is 1. The zero-order chi connectivity index (χ0) is 14.6. The molecule has 0 aromatic heterocycles. The third-order valence-electron chi connectivity index (χ3n) is 3.40. The third kappa shape index (κ3) is 7.14. The van der Waals surface area contributed by atoms with Gasteiger partial charge in [-0.05, 0) is 51.4 Å². The first-order chi connectivity index (χ1) is 8.73. The number of hydrogen-bond donors (Lipinski definition) is 0. The Hall–Kier alpha value is -1.12. The van der Waals surface area contributed by atoms with Gasteiger partial charge >= 0.3 is 5.97 Å². The second-order valence-electron chi connectivity index (χ2n) is 6.78. The Labute approximate surface area is 116 Å². The molecule has 2 rings (SSSR count). The van der Waals surface area contributed by atoms with E-state index in [1.807, 2.05) is 26.8 Å². The minimum Gasteiger partial charge on any atom is -0.457 e. The summed E-state index contributed by atoms with van der Waals surface area (Å²) in [6, 6.07) is 0. The van der Waals surface area contributed by atoms with Gasteiger partial charge in [0.2, 0.25) is 0 Å². The van der Waals surface area contributed by atoms with Crippen LogP contribution in [0.1, 0.15) is 47.5 Å². The van der Waals surface area contributed by atoms with E-state index in [1.165, 1.54) is 6.42 Å². The number of ether oxygens (including phenoxy) is 1. The second kappa shape index (κ2) is 6.36. The summed E-state index contributed by atoms with van der Waals surface area (Å²) >= 11 is 0. The molecule has 0 spiro atoms. The van der Waals surface area contributed by atoms with Crippen LogP contribution >= 0.6 is 0 Å².